The maximum Gasteiger partial charge on any atom is 0.159 e. The monoisotopic (exact) mass is 494 g/mol. The summed E-state index contributed by atoms with van der Waals surface area (Å²) in [7, 11) is 0. The average Bonchev–Trinajstić information content (AvgIpc) is 3.27. The minimum absolute atomic E-state index is 0.474. The Kier molecular flexibility index (Phi) is 5.23. The van der Waals surface area contributed by atoms with Crippen LogP contribution in [0.1, 0.15) is 60.0 Å². The molecule has 1 aliphatic carbocycles. The highest BCUT2D eigenvalue weighted by molar-refractivity contribution is 5.88. The zero-order chi connectivity index (χ0) is 25.9. The molecule has 186 valence electrons. The molecule has 2 heterocycles. The Bertz CT molecular complexity index is 1650. The van der Waals surface area contributed by atoms with Crippen molar-refractivity contribution in [2.45, 2.75) is 45.4 Å². The third-order valence-corrected chi connectivity index (χ3v) is 8.31. The van der Waals surface area contributed by atoms with Crippen LogP contribution in [0.15, 0.2) is 91.0 Å². The van der Waals surface area contributed by atoms with Crippen LogP contribution < -0.4 is 4.74 Å². The van der Waals surface area contributed by atoms with Gasteiger partial charge in [-0.2, -0.15) is 0 Å². The van der Waals surface area contributed by atoms with E-state index in [9.17, 15) is 0 Å². The number of para-hydroxylation sites is 1. The molecule has 1 spiro atoms. The summed E-state index contributed by atoms with van der Waals surface area (Å²) < 4.78 is 6.57. The first-order valence-electron chi connectivity index (χ1n) is 13.7. The van der Waals surface area contributed by atoms with E-state index >= 15 is 0 Å². The molecule has 0 fully saturated rings. The lowest BCUT2D eigenvalue weighted by molar-refractivity contribution is 0.436. The van der Waals surface area contributed by atoms with Gasteiger partial charge < -0.3 is 4.74 Å². The summed E-state index contributed by atoms with van der Waals surface area (Å²) in [5, 5.41) is 0. The second kappa shape index (κ2) is 8.66. The molecule has 38 heavy (non-hydrogen) atoms. The third kappa shape index (κ3) is 3.02. The van der Waals surface area contributed by atoms with Crippen molar-refractivity contribution in [1.82, 2.24) is 9.97 Å². The predicted octanol–water partition coefficient (Wildman–Crippen LogP) is 8.30. The van der Waals surface area contributed by atoms with Gasteiger partial charge >= 0.3 is 0 Å². The summed E-state index contributed by atoms with van der Waals surface area (Å²) in [6, 6.07) is 32.6. The molecule has 4 aromatic carbocycles. The van der Waals surface area contributed by atoms with Gasteiger partial charge in [0.05, 0.1) is 5.41 Å². The van der Waals surface area contributed by atoms with Crippen LogP contribution in [0.4, 0.5) is 0 Å². The van der Waals surface area contributed by atoms with Crippen molar-refractivity contribution in [3.63, 3.8) is 0 Å². The van der Waals surface area contributed by atoms with Gasteiger partial charge in [-0.15, -0.1) is 0 Å². The molecule has 0 amide bonds. The molecule has 0 bridgehead atoms. The summed E-state index contributed by atoms with van der Waals surface area (Å²) >= 11 is 0. The maximum absolute atomic E-state index is 6.57. The van der Waals surface area contributed by atoms with Crippen LogP contribution in [0, 0.1) is 0 Å². The van der Waals surface area contributed by atoms with E-state index in [0.29, 0.717) is 0 Å². The second-order valence-electron chi connectivity index (χ2n) is 10.1. The third-order valence-electron chi connectivity index (χ3n) is 8.31. The summed E-state index contributed by atoms with van der Waals surface area (Å²) in [5.41, 5.74) is 11.6. The van der Waals surface area contributed by atoms with Crippen LogP contribution in [0.25, 0.3) is 22.5 Å². The molecule has 0 radical (unpaired) electrons. The van der Waals surface area contributed by atoms with E-state index in [4.69, 9.17) is 14.7 Å². The molecule has 1 aliphatic heterocycles. The molecule has 0 saturated heterocycles. The van der Waals surface area contributed by atoms with Crippen molar-refractivity contribution < 1.29 is 4.74 Å². The number of rotatable bonds is 4. The average molecular weight is 495 g/mol. The van der Waals surface area contributed by atoms with Crippen LogP contribution >= 0.6 is 0 Å². The van der Waals surface area contributed by atoms with E-state index in [1.165, 1.54) is 33.4 Å². The number of fused-ring (bicyclic) bond motifs is 9. The minimum atomic E-state index is -0.474. The number of hydrogen-bond acceptors (Lipinski definition) is 3. The summed E-state index contributed by atoms with van der Waals surface area (Å²) in [5.74, 6) is 2.59. The molecular formula is C35H30N2O. The summed E-state index contributed by atoms with van der Waals surface area (Å²) in [4.78, 5) is 10.2. The SMILES string of the molecule is CCc1nc(-c2ccc3c(c2)C2(c4ccccc4O3)c3ccccc3-c3ccccc32)nc(CC)c1CC. The minimum Gasteiger partial charge on any atom is -0.457 e. The molecule has 3 nitrogen and oxygen atoms in total. The van der Waals surface area contributed by atoms with Crippen LogP contribution in [-0.2, 0) is 24.7 Å². The number of aryl methyl sites for hydroxylation is 2. The fourth-order valence-electron chi connectivity index (χ4n) is 6.70. The second-order valence-corrected chi connectivity index (χ2v) is 10.1. The lowest BCUT2D eigenvalue weighted by Crippen LogP contribution is -2.32. The van der Waals surface area contributed by atoms with E-state index in [1.807, 2.05) is 0 Å². The topological polar surface area (TPSA) is 35.0 Å². The zero-order valence-electron chi connectivity index (χ0n) is 22.1. The van der Waals surface area contributed by atoms with Crippen LogP contribution in [0.5, 0.6) is 11.5 Å². The van der Waals surface area contributed by atoms with Gasteiger partial charge in [0.25, 0.3) is 0 Å². The normalized spacial score (nSPS) is 13.9. The first-order chi connectivity index (χ1) is 18.7. The Morgan fingerprint density at radius 2 is 1.13 bits per heavy atom. The van der Waals surface area contributed by atoms with Crippen molar-refractivity contribution in [2.24, 2.45) is 0 Å². The summed E-state index contributed by atoms with van der Waals surface area (Å²) in [6.07, 6.45) is 2.76. The fraction of sp³-hybridized carbons (Fsp3) is 0.200. The smallest absolute Gasteiger partial charge is 0.159 e. The molecule has 0 N–H and O–H groups in total. The first kappa shape index (κ1) is 22.9. The number of nitrogens with zero attached hydrogens (tertiary/aromatic N) is 2. The standard InChI is InChI=1S/C35H30N2O/c1-4-23-30(5-2)36-34(37-31(23)6-3)22-19-20-33-29(21-22)35(28-17-11-12-18-32(28)38-33)26-15-9-7-13-24(26)25-14-8-10-16-27(25)35/h7-21H,4-6H2,1-3H3. The number of ether oxygens (including phenoxy) is 1. The zero-order valence-corrected chi connectivity index (χ0v) is 22.1. The van der Waals surface area contributed by atoms with E-state index in [2.05, 4.69) is 112 Å². The van der Waals surface area contributed by atoms with E-state index < -0.39 is 5.41 Å². The van der Waals surface area contributed by atoms with Gasteiger partial charge in [-0.3, -0.25) is 0 Å². The fourth-order valence-corrected chi connectivity index (χ4v) is 6.70. The Labute approximate surface area is 224 Å². The molecule has 3 heteroatoms. The molecule has 0 unspecified atom stereocenters. The quantitative estimate of drug-likeness (QED) is 0.247. The molecule has 1 aromatic heterocycles. The van der Waals surface area contributed by atoms with Crippen molar-refractivity contribution in [2.75, 3.05) is 0 Å². The lowest BCUT2D eigenvalue weighted by atomic mass is 9.66. The van der Waals surface area contributed by atoms with Crippen LogP contribution in [0.3, 0.4) is 0 Å². The van der Waals surface area contributed by atoms with Gasteiger partial charge in [0.1, 0.15) is 11.5 Å². The van der Waals surface area contributed by atoms with E-state index in [-0.39, 0.29) is 0 Å². The van der Waals surface area contributed by atoms with Crippen LogP contribution in [-0.4, -0.2) is 9.97 Å². The number of benzene rings is 4. The Balaban J connectivity index is 1.55. The largest absolute Gasteiger partial charge is 0.457 e. The van der Waals surface area contributed by atoms with Gasteiger partial charge in [-0.05, 0) is 71.3 Å². The number of hydrogen-bond donors (Lipinski definition) is 0. The van der Waals surface area contributed by atoms with Gasteiger partial charge in [0.2, 0.25) is 0 Å². The van der Waals surface area contributed by atoms with Crippen molar-refractivity contribution in [3.05, 3.63) is 130 Å². The summed E-state index contributed by atoms with van der Waals surface area (Å²) in [6.45, 7) is 6.57. The first-order valence-corrected chi connectivity index (χ1v) is 13.7. The van der Waals surface area contributed by atoms with E-state index in [1.54, 1.807) is 0 Å². The predicted molar refractivity (Wildman–Crippen MR) is 153 cm³/mol. The highest BCUT2D eigenvalue weighted by atomic mass is 16.5. The van der Waals surface area contributed by atoms with Crippen molar-refractivity contribution in [3.8, 4) is 34.0 Å². The van der Waals surface area contributed by atoms with Crippen LogP contribution in [0.2, 0.25) is 0 Å². The van der Waals surface area contributed by atoms with Gasteiger partial charge in [-0.25, -0.2) is 9.97 Å². The Morgan fingerprint density at radius 1 is 0.579 bits per heavy atom. The molecule has 7 rings (SSSR count). The Hall–Kier alpha value is -4.24. The van der Waals surface area contributed by atoms with Gasteiger partial charge in [-0.1, -0.05) is 87.5 Å². The molecule has 0 atom stereocenters. The maximum atomic E-state index is 6.57. The molecule has 2 aliphatic rings. The van der Waals surface area contributed by atoms with E-state index in [0.717, 1.165) is 59.1 Å². The van der Waals surface area contributed by atoms with Crippen molar-refractivity contribution >= 4 is 0 Å². The molecular weight excluding hydrogens is 464 g/mol. The van der Waals surface area contributed by atoms with Gasteiger partial charge in [0.15, 0.2) is 5.82 Å². The molecule has 0 saturated carbocycles. The lowest BCUT2D eigenvalue weighted by Gasteiger charge is -2.39. The molecule has 5 aromatic rings. The number of aromatic nitrogens is 2. The van der Waals surface area contributed by atoms with Gasteiger partial charge in [0, 0.05) is 28.1 Å². The van der Waals surface area contributed by atoms with Crippen molar-refractivity contribution in [1.29, 1.82) is 0 Å². The highest BCUT2D eigenvalue weighted by Crippen LogP contribution is 2.62. The highest BCUT2D eigenvalue weighted by Gasteiger charge is 2.51. The Morgan fingerprint density at radius 3 is 1.74 bits per heavy atom.